The molecule has 0 aliphatic rings. The lowest BCUT2D eigenvalue weighted by atomic mass is 10.1. The number of rotatable bonds is 7. The van der Waals surface area contributed by atoms with E-state index >= 15 is 0 Å². The fourth-order valence-electron chi connectivity index (χ4n) is 2.68. The van der Waals surface area contributed by atoms with Crippen LogP contribution in [-0.2, 0) is 0 Å². The van der Waals surface area contributed by atoms with Crippen molar-refractivity contribution in [2.24, 2.45) is 5.11 Å². The topological polar surface area (TPSA) is 117 Å². The first-order valence-corrected chi connectivity index (χ1v) is 8.77. The summed E-state index contributed by atoms with van der Waals surface area (Å²) < 4.78 is 10.6. The summed E-state index contributed by atoms with van der Waals surface area (Å²) in [6, 6.07) is 10.9. The van der Waals surface area contributed by atoms with E-state index in [1.54, 1.807) is 39.2 Å². The molecule has 0 saturated heterocycles. The lowest BCUT2D eigenvalue weighted by Crippen LogP contribution is -2.29. The van der Waals surface area contributed by atoms with Crippen LogP contribution in [0.1, 0.15) is 19.4 Å². The highest BCUT2D eigenvalue weighted by Gasteiger charge is 2.16. The van der Waals surface area contributed by atoms with Crippen molar-refractivity contribution in [3.05, 3.63) is 42.0 Å². The molecular formula is C20H23N5O3. The molecule has 28 heavy (non-hydrogen) atoms. The van der Waals surface area contributed by atoms with Crippen molar-refractivity contribution in [2.45, 2.75) is 26.4 Å². The lowest BCUT2D eigenvalue weighted by Gasteiger charge is -2.19. The number of methoxy groups -OCH3 is 1. The fourth-order valence-corrected chi connectivity index (χ4v) is 2.68. The predicted octanol–water partition coefficient (Wildman–Crippen LogP) is 4.57. The minimum absolute atomic E-state index is 0.330. The van der Waals surface area contributed by atoms with E-state index in [9.17, 15) is 5.11 Å². The number of anilines is 1. The van der Waals surface area contributed by atoms with E-state index in [1.165, 1.54) is 0 Å². The van der Waals surface area contributed by atoms with Crippen LogP contribution in [0, 0.1) is 12.5 Å². The molecule has 8 heteroatoms. The largest absolute Gasteiger partial charge is 0.497 e. The standard InChI is InChI=1S/C20H23N5O3/c1-12-9-14(27-4)6-7-15(12)18-23-19(28-25-18)13-5-8-16(17(10-13)24-21)22-11-20(2,3)26/h5-10,21-22,26H,11H2,1-4H3. The maximum atomic E-state index is 9.86. The average molecular weight is 381 g/mol. The summed E-state index contributed by atoms with van der Waals surface area (Å²) in [6.45, 7) is 5.68. The summed E-state index contributed by atoms with van der Waals surface area (Å²) in [7, 11) is 1.62. The average Bonchev–Trinajstić information content (AvgIpc) is 3.15. The number of benzene rings is 2. The van der Waals surface area contributed by atoms with Crippen molar-refractivity contribution in [3.8, 4) is 28.6 Å². The van der Waals surface area contributed by atoms with Crippen molar-refractivity contribution in [2.75, 3.05) is 19.0 Å². The van der Waals surface area contributed by atoms with Crippen molar-refractivity contribution < 1.29 is 14.4 Å². The Labute approximate surface area is 163 Å². The zero-order chi connectivity index (χ0) is 20.3. The van der Waals surface area contributed by atoms with Crippen LogP contribution in [0.25, 0.3) is 22.8 Å². The van der Waals surface area contributed by atoms with E-state index < -0.39 is 5.60 Å². The first kappa shape index (κ1) is 19.5. The molecular weight excluding hydrogens is 358 g/mol. The van der Waals surface area contributed by atoms with E-state index in [-0.39, 0.29) is 0 Å². The van der Waals surface area contributed by atoms with Crippen molar-refractivity contribution in [1.29, 1.82) is 5.53 Å². The van der Waals surface area contributed by atoms with Gasteiger partial charge in [0.15, 0.2) is 0 Å². The molecule has 3 aromatic rings. The maximum absolute atomic E-state index is 9.86. The first-order valence-electron chi connectivity index (χ1n) is 8.77. The number of hydrogen-bond donors (Lipinski definition) is 3. The normalized spacial score (nSPS) is 11.3. The van der Waals surface area contributed by atoms with E-state index in [1.807, 2.05) is 25.1 Å². The number of nitrogens with zero attached hydrogens (tertiary/aromatic N) is 3. The summed E-state index contributed by atoms with van der Waals surface area (Å²) in [5, 5.41) is 20.6. The van der Waals surface area contributed by atoms with Crippen LogP contribution in [0.4, 0.5) is 11.4 Å². The fraction of sp³-hybridized carbons (Fsp3) is 0.300. The number of aryl methyl sites for hydroxylation is 1. The van der Waals surface area contributed by atoms with Crippen LogP contribution in [0.3, 0.4) is 0 Å². The molecule has 0 unspecified atom stereocenters. The van der Waals surface area contributed by atoms with Crippen LogP contribution in [-0.4, -0.2) is 34.5 Å². The van der Waals surface area contributed by atoms with E-state index in [4.69, 9.17) is 14.8 Å². The highest BCUT2D eigenvalue weighted by atomic mass is 16.5. The van der Waals surface area contributed by atoms with Crippen LogP contribution < -0.4 is 10.1 Å². The van der Waals surface area contributed by atoms with Gasteiger partial charge in [0.2, 0.25) is 5.82 Å². The van der Waals surface area contributed by atoms with Gasteiger partial charge in [0.05, 0.1) is 18.4 Å². The van der Waals surface area contributed by atoms with Gasteiger partial charge in [-0.25, -0.2) is 5.53 Å². The SMILES string of the molecule is COc1ccc(-c2noc(-c3ccc(NCC(C)(C)O)c(N=N)c3)n2)c(C)c1. The summed E-state index contributed by atoms with van der Waals surface area (Å²) in [4.78, 5) is 4.48. The maximum Gasteiger partial charge on any atom is 0.258 e. The number of ether oxygens (including phenoxy) is 1. The molecule has 3 N–H and O–H groups in total. The second kappa shape index (κ2) is 7.77. The number of nitrogens with one attached hydrogen (secondary N) is 2. The summed E-state index contributed by atoms with van der Waals surface area (Å²) in [6.07, 6.45) is 0. The Balaban J connectivity index is 1.88. The molecule has 0 saturated carbocycles. The molecule has 0 aliphatic heterocycles. The van der Waals surface area contributed by atoms with Gasteiger partial charge in [0, 0.05) is 17.7 Å². The van der Waals surface area contributed by atoms with Crippen LogP contribution >= 0.6 is 0 Å². The van der Waals surface area contributed by atoms with Crippen LogP contribution in [0.15, 0.2) is 46.0 Å². The molecule has 0 aliphatic carbocycles. The molecule has 8 nitrogen and oxygen atoms in total. The highest BCUT2D eigenvalue weighted by Crippen LogP contribution is 2.32. The van der Waals surface area contributed by atoms with Gasteiger partial charge in [-0.15, -0.1) is 0 Å². The summed E-state index contributed by atoms with van der Waals surface area (Å²) >= 11 is 0. The van der Waals surface area contributed by atoms with Crippen molar-refractivity contribution >= 4 is 11.4 Å². The van der Waals surface area contributed by atoms with Crippen LogP contribution in [0.5, 0.6) is 5.75 Å². The van der Waals surface area contributed by atoms with Crippen molar-refractivity contribution in [3.63, 3.8) is 0 Å². The van der Waals surface area contributed by atoms with Gasteiger partial charge >= 0.3 is 0 Å². The van der Waals surface area contributed by atoms with Crippen molar-refractivity contribution in [1.82, 2.24) is 10.1 Å². The van der Waals surface area contributed by atoms with Gasteiger partial charge in [-0.3, -0.25) is 0 Å². The van der Waals surface area contributed by atoms with Crippen LogP contribution in [0.2, 0.25) is 0 Å². The third-order valence-corrected chi connectivity index (χ3v) is 4.18. The van der Waals surface area contributed by atoms with Gasteiger partial charge in [0.25, 0.3) is 5.89 Å². The second-order valence-corrected chi connectivity index (χ2v) is 7.11. The number of aliphatic hydroxyl groups is 1. The number of hydrogen-bond acceptors (Lipinski definition) is 8. The van der Waals surface area contributed by atoms with Gasteiger partial charge in [-0.2, -0.15) is 10.1 Å². The molecule has 0 radical (unpaired) electrons. The molecule has 1 aromatic heterocycles. The third-order valence-electron chi connectivity index (χ3n) is 4.18. The highest BCUT2D eigenvalue weighted by molar-refractivity contribution is 5.73. The Morgan fingerprint density at radius 1 is 1.25 bits per heavy atom. The summed E-state index contributed by atoms with van der Waals surface area (Å²) in [5.41, 5.74) is 10.1. The van der Waals surface area contributed by atoms with Gasteiger partial charge in [-0.05, 0) is 62.7 Å². The Morgan fingerprint density at radius 2 is 2.04 bits per heavy atom. The molecule has 146 valence electrons. The first-order chi connectivity index (χ1) is 13.3. The molecule has 2 aromatic carbocycles. The molecule has 0 atom stereocenters. The Hall–Kier alpha value is -3.26. The van der Waals surface area contributed by atoms with Gasteiger partial charge in [-0.1, -0.05) is 5.16 Å². The quantitative estimate of drug-likeness (QED) is 0.516. The number of aromatic nitrogens is 2. The van der Waals surface area contributed by atoms with E-state index in [0.29, 0.717) is 35.2 Å². The lowest BCUT2D eigenvalue weighted by molar-refractivity contribution is 0.0945. The molecule has 3 rings (SSSR count). The third kappa shape index (κ3) is 4.34. The Morgan fingerprint density at radius 3 is 2.68 bits per heavy atom. The second-order valence-electron chi connectivity index (χ2n) is 7.11. The molecule has 1 heterocycles. The zero-order valence-corrected chi connectivity index (χ0v) is 16.3. The molecule has 0 amide bonds. The smallest absolute Gasteiger partial charge is 0.258 e. The molecule has 0 fully saturated rings. The molecule has 0 bridgehead atoms. The van der Waals surface area contributed by atoms with E-state index in [2.05, 4.69) is 20.6 Å². The predicted molar refractivity (Wildman–Crippen MR) is 106 cm³/mol. The minimum atomic E-state index is -0.879. The summed E-state index contributed by atoms with van der Waals surface area (Å²) in [5.74, 6) is 1.58. The molecule has 0 spiro atoms. The Bertz CT molecular complexity index is 992. The van der Waals surface area contributed by atoms with Gasteiger partial charge < -0.3 is 19.7 Å². The van der Waals surface area contributed by atoms with Gasteiger partial charge in [0.1, 0.15) is 11.4 Å². The monoisotopic (exact) mass is 381 g/mol. The van der Waals surface area contributed by atoms with E-state index in [0.717, 1.165) is 16.9 Å². The zero-order valence-electron chi connectivity index (χ0n) is 16.3. The Kier molecular flexibility index (Phi) is 5.41. The minimum Gasteiger partial charge on any atom is -0.497 e.